The summed E-state index contributed by atoms with van der Waals surface area (Å²) in [5.41, 5.74) is 2.76. The van der Waals surface area contributed by atoms with Gasteiger partial charge in [0, 0.05) is 5.56 Å². The molecule has 24 heavy (non-hydrogen) atoms. The van der Waals surface area contributed by atoms with Gasteiger partial charge in [-0.15, -0.1) is 0 Å². The minimum Gasteiger partial charge on any atom is -0.247 e. The third-order valence-corrected chi connectivity index (χ3v) is 4.64. The SMILES string of the molecule is Cc1ccccc1-c1ccccc1O[P+](=O)C(=O)c1ccccc1. The lowest BCUT2D eigenvalue weighted by Crippen LogP contribution is -1.97. The van der Waals surface area contributed by atoms with Gasteiger partial charge in [0.25, 0.3) is 0 Å². The summed E-state index contributed by atoms with van der Waals surface area (Å²) in [6, 6.07) is 23.7. The molecule has 4 heteroatoms. The van der Waals surface area contributed by atoms with Crippen molar-refractivity contribution in [3.63, 3.8) is 0 Å². The Kier molecular flexibility index (Phi) is 4.83. The molecule has 1 atom stereocenters. The molecule has 0 saturated carbocycles. The Balaban J connectivity index is 1.90. The molecule has 118 valence electrons. The van der Waals surface area contributed by atoms with E-state index in [1.54, 1.807) is 42.5 Å². The first kappa shape index (κ1) is 16.1. The highest BCUT2D eigenvalue weighted by atomic mass is 31.1. The quantitative estimate of drug-likeness (QED) is 0.568. The maximum absolute atomic E-state index is 12.4. The van der Waals surface area contributed by atoms with Gasteiger partial charge in [0.05, 0.1) is 5.56 Å². The second kappa shape index (κ2) is 7.20. The molecule has 3 rings (SSSR count). The van der Waals surface area contributed by atoms with E-state index in [0.717, 1.165) is 16.7 Å². The molecule has 0 aliphatic heterocycles. The van der Waals surface area contributed by atoms with Crippen molar-refractivity contribution in [2.45, 2.75) is 6.92 Å². The van der Waals surface area contributed by atoms with Crippen LogP contribution in [0.15, 0.2) is 78.9 Å². The van der Waals surface area contributed by atoms with Gasteiger partial charge in [0.1, 0.15) is 0 Å². The molecule has 3 aromatic rings. The fraction of sp³-hybridized carbons (Fsp3) is 0.0500. The Morgan fingerprint density at radius 1 is 0.792 bits per heavy atom. The highest BCUT2D eigenvalue weighted by Gasteiger charge is 2.34. The van der Waals surface area contributed by atoms with Crippen molar-refractivity contribution in [3.05, 3.63) is 90.0 Å². The first-order chi connectivity index (χ1) is 11.7. The predicted octanol–water partition coefficient (Wildman–Crippen LogP) is 5.62. The Bertz CT molecular complexity index is 888. The van der Waals surface area contributed by atoms with Crippen molar-refractivity contribution in [3.8, 4) is 16.9 Å². The summed E-state index contributed by atoms with van der Waals surface area (Å²) in [7, 11) is -2.50. The average Bonchev–Trinajstić information content (AvgIpc) is 2.63. The standard InChI is InChI=1S/C20H16O3P/c1-15-9-5-6-12-17(15)18-13-7-8-14-19(18)23-24(22)20(21)16-10-3-2-4-11-16/h2-14H,1H3/q+1. The highest BCUT2D eigenvalue weighted by molar-refractivity contribution is 7.60. The molecule has 1 unspecified atom stereocenters. The van der Waals surface area contributed by atoms with Crippen LogP contribution in [-0.4, -0.2) is 5.52 Å². The van der Waals surface area contributed by atoms with Gasteiger partial charge in [-0.25, -0.2) is 9.32 Å². The molecule has 3 aromatic carbocycles. The minimum absolute atomic E-state index is 0.381. The molecule has 0 radical (unpaired) electrons. The number of para-hydroxylation sites is 1. The second-order valence-electron chi connectivity index (χ2n) is 5.33. The molecule has 0 bridgehead atoms. The third-order valence-electron chi connectivity index (χ3n) is 3.69. The maximum Gasteiger partial charge on any atom is 0.641 e. The van der Waals surface area contributed by atoms with Crippen molar-refractivity contribution in [1.29, 1.82) is 0 Å². The zero-order chi connectivity index (χ0) is 16.9. The van der Waals surface area contributed by atoms with Gasteiger partial charge in [0.2, 0.25) is 0 Å². The van der Waals surface area contributed by atoms with E-state index in [2.05, 4.69) is 0 Å². The van der Waals surface area contributed by atoms with Crippen LogP contribution < -0.4 is 4.52 Å². The molecular formula is C20H16O3P+. The van der Waals surface area contributed by atoms with Crippen LogP contribution in [0.3, 0.4) is 0 Å². The number of rotatable bonds is 5. The first-order valence-corrected chi connectivity index (χ1v) is 8.74. The maximum atomic E-state index is 12.4. The first-order valence-electron chi connectivity index (χ1n) is 7.56. The van der Waals surface area contributed by atoms with E-state index >= 15 is 0 Å². The summed E-state index contributed by atoms with van der Waals surface area (Å²) in [4.78, 5) is 12.3. The normalized spacial score (nSPS) is 11.0. The summed E-state index contributed by atoms with van der Waals surface area (Å²) in [5, 5.41) is 0. The summed E-state index contributed by atoms with van der Waals surface area (Å²) >= 11 is 0. The number of benzene rings is 3. The van der Waals surface area contributed by atoms with E-state index in [-0.39, 0.29) is 0 Å². The van der Waals surface area contributed by atoms with Gasteiger partial charge < -0.3 is 0 Å². The van der Waals surface area contributed by atoms with Crippen molar-refractivity contribution in [1.82, 2.24) is 0 Å². The van der Waals surface area contributed by atoms with Gasteiger partial charge in [-0.1, -0.05) is 60.7 Å². The van der Waals surface area contributed by atoms with Crippen LogP contribution in [0.25, 0.3) is 11.1 Å². The molecule has 3 nitrogen and oxygen atoms in total. The molecule has 0 spiro atoms. The summed E-state index contributed by atoms with van der Waals surface area (Å²) in [5.74, 6) is 0.442. The van der Waals surface area contributed by atoms with Crippen LogP contribution in [0.5, 0.6) is 5.75 Å². The number of aryl methyl sites for hydroxylation is 1. The molecule has 0 aromatic heterocycles. The fourth-order valence-corrected chi connectivity index (χ4v) is 3.24. The third kappa shape index (κ3) is 3.42. The van der Waals surface area contributed by atoms with Gasteiger partial charge in [-0.3, -0.25) is 0 Å². The molecule has 0 N–H and O–H groups in total. The van der Waals surface area contributed by atoms with Gasteiger partial charge in [0.15, 0.2) is 5.75 Å². The van der Waals surface area contributed by atoms with E-state index in [9.17, 15) is 9.36 Å². The second-order valence-corrected chi connectivity index (χ2v) is 6.43. The van der Waals surface area contributed by atoms with E-state index < -0.39 is 13.6 Å². The Hall–Kier alpha value is -2.77. The zero-order valence-electron chi connectivity index (χ0n) is 13.2. The van der Waals surface area contributed by atoms with Gasteiger partial charge in [-0.2, -0.15) is 0 Å². The van der Waals surface area contributed by atoms with Crippen LogP contribution in [0.1, 0.15) is 15.9 Å². The number of hydrogen-bond donors (Lipinski definition) is 0. The van der Waals surface area contributed by atoms with Crippen molar-refractivity contribution >= 4 is 13.6 Å². The van der Waals surface area contributed by atoms with Crippen molar-refractivity contribution < 1.29 is 13.9 Å². The van der Waals surface area contributed by atoms with Crippen LogP contribution in [0.2, 0.25) is 0 Å². The van der Waals surface area contributed by atoms with Crippen LogP contribution in [-0.2, 0) is 4.57 Å². The zero-order valence-corrected chi connectivity index (χ0v) is 14.1. The van der Waals surface area contributed by atoms with Crippen molar-refractivity contribution in [2.75, 3.05) is 0 Å². The van der Waals surface area contributed by atoms with Crippen LogP contribution in [0.4, 0.5) is 0 Å². The number of hydrogen-bond acceptors (Lipinski definition) is 3. The molecular weight excluding hydrogens is 319 g/mol. The smallest absolute Gasteiger partial charge is 0.247 e. The largest absolute Gasteiger partial charge is 0.641 e. The van der Waals surface area contributed by atoms with Gasteiger partial charge in [-0.05, 0) is 40.8 Å². The number of carbonyl (C=O) groups is 1. The number of carbonyl (C=O) groups excluding carboxylic acids is 1. The molecule has 0 saturated heterocycles. The van der Waals surface area contributed by atoms with E-state index in [1.165, 1.54) is 0 Å². The lowest BCUT2D eigenvalue weighted by Gasteiger charge is -2.07. The highest BCUT2D eigenvalue weighted by Crippen LogP contribution is 2.38. The van der Waals surface area contributed by atoms with Gasteiger partial charge >= 0.3 is 13.6 Å². The van der Waals surface area contributed by atoms with E-state index in [4.69, 9.17) is 4.52 Å². The summed E-state index contributed by atoms with van der Waals surface area (Å²) in [6.07, 6.45) is 0. The summed E-state index contributed by atoms with van der Waals surface area (Å²) in [6.45, 7) is 2.00. The Morgan fingerprint density at radius 2 is 1.38 bits per heavy atom. The molecule has 0 amide bonds. The van der Waals surface area contributed by atoms with E-state index in [0.29, 0.717) is 11.3 Å². The van der Waals surface area contributed by atoms with Crippen LogP contribution >= 0.6 is 8.03 Å². The summed E-state index contributed by atoms with van der Waals surface area (Å²) < 4.78 is 17.9. The molecule has 0 heterocycles. The lowest BCUT2D eigenvalue weighted by atomic mass is 10.00. The van der Waals surface area contributed by atoms with E-state index in [1.807, 2.05) is 43.3 Å². The van der Waals surface area contributed by atoms with Crippen molar-refractivity contribution in [2.24, 2.45) is 0 Å². The molecule has 0 aliphatic carbocycles. The predicted molar refractivity (Wildman–Crippen MR) is 95.6 cm³/mol. The lowest BCUT2D eigenvalue weighted by molar-refractivity contribution is 0.107. The molecule has 0 fully saturated rings. The van der Waals surface area contributed by atoms with Crippen LogP contribution in [0, 0.1) is 6.92 Å². The minimum atomic E-state index is -2.50. The fourth-order valence-electron chi connectivity index (χ4n) is 2.46. The monoisotopic (exact) mass is 335 g/mol. The topological polar surface area (TPSA) is 43.4 Å². The molecule has 0 aliphatic rings. The Labute approximate surface area is 141 Å². The Morgan fingerprint density at radius 3 is 2.08 bits per heavy atom. The average molecular weight is 335 g/mol.